The van der Waals surface area contributed by atoms with Crippen molar-refractivity contribution in [3.05, 3.63) is 71.8 Å². The zero-order chi connectivity index (χ0) is 22.1. The summed E-state index contributed by atoms with van der Waals surface area (Å²) < 4.78 is 5.55. The van der Waals surface area contributed by atoms with Crippen molar-refractivity contribution in [1.82, 2.24) is 5.32 Å². The van der Waals surface area contributed by atoms with Gasteiger partial charge in [0.1, 0.15) is 6.54 Å². The fourth-order valence-electron chi connectivity index (χ4n) is 4.37. The van der Waals surface area contributed by atoms with Crippen LogP contribution in [0, 0.1) is 0 Å². The van der Waals surface area contributed by atoms with E-state index in [0.29, 0.717) is 23.4 Å². The number of anilines is 2. The molecule has 32 heavy (non-hydrogen) atoms. The van der Waals surface area contributed by atoms with E-state index in [9.17, 15) is 14.4 Å². The minimum absolute atomic E-state index is 0.0335. The number of para-hydroxylation sites is 1. The van der Waals surface area contributed by atoms with Crippen molar-refractivity contribution in [2.75, 3.05) is 29.9 Å². The number of hydrogen-bond acceptors (Lipinski definition) is 4. The number of ether oxygens (including phenoxy) is 1. The van der Waals surface area contributed by atoms with Gasteiger partial charge in [-0.25, -0.2) is 0 Å². The van der Waals surface area contributed by atoms with E-state index >= 15 is 0 Å². The molecule has 7 nitrogen and oxygen atoms in total. The molecular weight excluding hydrogens is 406 g/mol. The van der Waals surface area contributed by atoms with Crippen molar-refractivity contribution in [3.8, 4) is 0 Å². The zero-order valence-corrected chi connectivity index (χ0v) is 17.5. The SMILES string of the molecule is O=C(CN1C(=O)c2cccc3cccc1c23)Nc1ccccc1C(=O)NCC1CCCO1. The third-order valence-electron chi connectivity index (χ3n) is 5.91. The molecule has 3 amide bonds. The van der Waals surface area contributed by atoms with Crippen LogP contribution in [0.3, 0.4) is 0 Å². The lowest BCUT2D eigenvalue weighted by atomic mass is 10.1. The molecule has 7 heteroatoms. The summed E-state index contributed by atoms with van der Waals surface area (Å²) in [6.07, 6.45) is 1.96. The van der Waals surface area contributed by atoms with E-state index in [2.05, 4.69) is 10.6 Å². The van der Waals surface area contributed by atoms with E-state index in [0.717, 1.165) is 35.9 Å². The molecule has 0 aromatic heterocycles. The second kappa shape index (κ2) is 8.43. The minimum Gasteiger partial charge on any atom is -0.376 e. The summed E-state index contributed by atoms with van der Waals surface area (Å²) in [6.45, 7) is 1.02. The topological polar surface area (TPSA) is 87.7 Å². The summed E-state index contributed by atoms with van der Waals surface area (Å²) in [5.41, 5.74) is 2.10. The Morgan fingerprint density at radius 3 is 2.66 bits per heavy atom. The van der Waals surface area contributed by atoms with Gasteiger partial charge in [-0.05, 0) is 42.5 Å². The van der Waals surface area contributed by atoms with Gasteiger partial charge in [0, 0.05) is 24.1 Å². The lowest BCUT2D eigenvalue weighted by Gasteiger charge is -2.18. The van der Waals surface area contributed by atoms with Crippen LogP contribution in [0.4, 0.5) is 11.4 Å². The van der Waals surface area contributed by atoms with Gasteiger partial charge < -0.3 is 15.4 Å². The maximum Gasteiger partial charge on any atom is 0.259 e. The summed E-state index contributed by atoms with van der Waals surface area (Å²) in [6, 6.07) is 18.1. The summed E-state index contributed by atoms with van der Waals surface area (Å²) >= 11 is 0. The van der Waals surface area contributed by atoms with Crippen molar-refractivity contribution in [1.29, 1.82) is 0 Å². The normalized spacial score (nSPS) is 17.1. The van der Waals surface area contributed by atoms with E-state index in [1.54, 1.807) is 30.3 Å². The molecule has 0 spiro atoms. The Labute approximate surface area is 185 Å². The van der Waals surface area contributed by atoms with Crippen molar-refractivity contribution < 1.29 is 19.1 Å². The second-order valence-electron chi connectivity index (χ2n) is 8.01. The average molecular weight is 429 g/mol. The van der Waals surface area contributed by atoms with E-state index in [1.807, 2.05) is 30.3 Å². The molecule has 0 aliphatic carbocycles. The second-order valence-corrected chi connectivity index (χ2v) is 8.01. The van der Waals surface area contributed by atoms with Gasteiger partial charge >= 0.3 is 0 Å². The van der Waals surface area contributed by atoms with Crippen LogP contribution in [0.25, 0.3) is 10.8 Å². The molecule has 5 rings (SSSR count). The Kier molecular flexibility index (Phi) is 5.33. The summed E-state index contributed by atoms with van der Waals surface area (Å²) in [5, 5.41) is 7.51. The summed E-state index contributed by atoms with van der Waals surface area (Å²) in [7, 11) is 0. The standard InChI is InChI=1S/C25H23N3O4/c29-22(15-28-21-12-4-7-16-6-3-10-19(23(16)21)25(28)31)27-20-11-2-1-9-18(20)24(30)26-14-17-8-5-13-32-17/h1-4,6-7,9-12,17H,5,8,13-15H2,(H,26,30)(H,27,29). The average Bonchev–Trinajstić information content (AvgIpc) is 3.42. The first-order valence-electron chi connectivity index (χ1n) is 10.7. The lowest BCUT2D eigenvalue weighted by Crippen LogP contribution is -2.36. The van der Waals surface area contributed by atoms with Crippen LogP contribution >= 0.6 is 0 Å². The highest BCUT2D eigenvalue weighted by Gasteiger charge is 2.31. The third-order valence-corrected chi connectivity index (χ3v) is 5.91. The first-order chi connectivity index (χ1) is 15.6. The third kappa shape index (κ3) is 3.71. The maximum atomic E-state index is 12.9. The van der Waals surface area contributed by atoms with Crippen LogP contribution in [-0.4, -0.2) is 43.5 Å². The Hall–Kier alpha value is -3.71. The molecular formula is C25H23N3O4. The van der Waals surface area contributed by atoms with E-state index in [-0.39, 0.29) is 30.4 Å². The smallest absolute Gasteiger partial charge is 0.259 e. The van der Waals surface area contributed by atoms with Gasteiger partial charge in [0.05, 0.1) is 23.0 Å². The van der Waals surface area contributed by atoms with Crippen molar-refractivity contribution in [3.63, 3.8) is 0 Å². The molecule has 1 unspecified atom stereocenters. The Morgan fingerprint density at radius 2 is 1.84 bits per heavy atom. The molecule has 2 aliphatic heterocycles. The van der Waals surface area contributed by atoms with Gasteiger partial charge in [-0.2, -0.15) is 0 Å². The van der Waals surface area contributed by atoms with E-state index in [4.69, 9.17) is 4.74 Å². The minimum atomic E-state index is -0.373. The first kappa shape index (κ1) is 20.2. The van der Waals surface area contributed by atoms with Gasteiger partial charge in [0.15, 0.2) is 0 Å². The van der Waals surface area contributed by atoms with Gasteiger partial charge in [0.2, 0.25) is 5.91 Å². The van der Waals surface area contributed by atoms with Crippen LogP contribution in [0.15, 0.2) is 60.7 Å². The van der Waals surface area contributed by atoms with Crippen LogP contribution in [0.2, 0.25) is 0 Å². The highest BCUT2D eigenvalue weighted by Crippen LogP contribution is 2.37. The monoisotopic (exact) mass is 429 g/mol. The Morgan fingerprint density at radius 1 is 1.03 bits per heavy atom. The number of nitrogens with zero attached hydrogens (tertiary/aromatic N) is 1. The number of carbonyl (C=O) groups excluding carboxylic acids is 3. The predicted octanol–water partition coefficient (Wildman–Crippen LogP) is 3.35. The Balaban J connectivity index is 1.30. The van der Waals surface area contributed by atoms with Crippen LogP contribution in [-0.2, 0) is 9.53 Å². The van der Waals surface area contributed by atoms with Gasteiger partial charge in [-0.1, -0.05) is 36.4 Å². The Bertz CT molecular complexity index is 1210. The van der Waals surface area contributed by atoms with E-state index in [1.165, 1.54) is 4.90 Å². The molecule has 0 saturated carbocycles. The van der Waals surface area contributed by atoms with E-state index < -0.39 is 0 Å². The van der Waals surface area contributed by atoms with Crippen LogP contribution in [0.1, 0.15) is 33.6 Å². The molecule has 0 bridgehead atoms. The lowest BCUT2D eigenvalue weighted by molar-refractivity contribution is -0.114. The number of benzene rings is 3. The number of amides is 3. The van der Waals surface area contributed by atoms with Crippen molar-refractivity contribution >= 4 is 39.9 Å². The highest BCUT2D eigenvalue weighted by molar-refractivity contribution is 6.26. The summed E-state index contributed by atoms with van der Waals surface area (Å²) in [5.74, 6) is -0.845. The molecule has 0 radical (unpaired) electrons. The molecule has 3 aromatic carbocycles. The number of rotatable bonds is 6. The molecule has 1 fully saturated rings. The number of nitrogens with one attached hydrogen (secondary N) is 2. The number of hydrogen-bond donors (Lipinski definition) is 2. The van der Waals surface area contributed by atoms with Gasteiger partial charge in [0.25, 0.3) is 11.8 Å². The fourth-order valence-corrected chi connectivity index (χ4v) is 4.37. The quantitative estimate of drug-likeness (QED) is 0.629. The zero-order valence-electron chi connectivity index (χ0n) is 17.5. The highest BCUT2D eigenvalue weighted by atomic mass is 16.5. The van der Waals surface area contributed by atoms with Crippen molar-refractivity contribution in [2.45, 2.75) is 18.9 Å². The fraction of sp³-hybridized carbons (Fsp3) is 0.240. The van der Waals surface area contributed by atoms with Crippen LogP contribution < -0.4 is 15.5 Å². The maximum absolute atomic E-state index is 12.9. The molecule has 3 aromatic rings. The molecule has 2 heterocycles. The largest absolute Gasteiger partial charge is 0.376 e. The summed E-state index contributed by atoms with van der Waals surface area (Å²) in [4.78, 5) is 40.0. The predicted molar refractivity (Wildman–Crippen MR) is 122 cm³/mol. The van der Waals surface area contributed by atoms with Crippen molar-refractivity contribution in [2.24, 2.45) is 0 Å². The molecule has 1 atom stereocenters. The van der Waals surface area contributed by atoms with Crippen LogP contribution in [0.5, 0.6) is 0 Å². The molecule has 162 valence electrons. The molecule has 2 N–H and O–H groups in total. The molecule has 2 aliphatic rings. The first-order valence-corrected chi connectivity index (χ1v) is 10.7. The number of carbonyl (C=O) groups is 3. The van der Waals surface area contributed by atoms with Gasteiger partial charge in [-0.15, -0.1) is 0 Å². The van der Waals surface area contributed by atoms with Gasteiger partial charge in [-0.3, -0.25) is 19.3 Å². The molecule has 1 saturated heterocycles.